The Labute approximate surface area is 105 Å². The summed E-state index contributed by atoms with van der Waals surface area (Å²) in [7, 11) is 1.84. The average molecular weight is 241 g/mol. The summed E-state index contributed by atoms with van der Waals surface area (Å²) in [6.07, 6.45) is 16.5. The first-order valence-electron chi connectivity index (χ1n) is 7.56. The Kier molecular flexibility index (Phi) is 8.57. The van der Waals surface area contributed by atoms with Crippen molar-refractivity contribution < 1.29 is 0 Å². The van der Waals surface area contributed by atoms with Crippen molar-refractivity contribution in [2.24, 2.45) is 0 Å². The van der Waals surface area contributed by atoms with E-state index >= 15 is 0 Å². The molecule has 2 aliphatic rings. The standard InChI is InChI=1S/C12H22P.C3H8/c1-3-7-11(8-4-1)13-12-9-5-2-6-10-12;1-3-2/h11-12H,1-10H2;3H2,1-2H3. The van der Waals surface area contributed by atoms with E-state index in [9.17, 15) is 0 Å². The minimum Gasteiger partial charge on any atom is -0.0741 e. The van der Waals surface area contributed by atoms with Crippen molar-refractivity contribution in [1.82, 2.24) is 0 Å². The number of hydrogen-bond acceptors (Lipinski definition) is 0. The lowest BCUT2D eigenvalue weighted by Crippen LogP contribution is -2.14. The molecule has 0 aromatic heterocycles. The van der Waals surface area contributed by atoms with Gasteiger partial charge < -0.3 is 0 Å². The lowest BCUT2D eigenvalue weighted by molar-refractivity contribution is 0.490. The third-order valence-corrected chi connectivity index (χ3v) is 5.45. The molecular weight excluding hydrogens is 211 g/mol. The molecule has 0 nitrogen and oxygen atoms in total. The van der Waals surface area contributed by atoms with Gasteiger partial charge in [-0.1, -0.05) is 67.4 Å². The maximum Gasteiger partial charge on any atom is -0.0168 e. The minimum absolute atomic E-state index is 1.09. The molecule has 16 heavy (non-hydrogen) atoms. The second-order valence-corrected chi connectivity index (χ2v) is 7.20. The van der Waals surface area contributed by atoms with E-state index in [0.717, 1.165) is 11.3 Å². The smallest absolute Gasteiger partial charge is 0.0168 e. The molecule has 0 saturated heterocycles. The maximum atomic E-state index is 2.12. The molecule has 2 aliphatic carbocycles. The minimum atomic E-state index is 1.09. The summed E-state index contributed by atoms with van der Waals surface area (Å²) in [6.45, 7) is 4.25. The summed E-state index contributed by atoms with van der Waals surface area (Å²) in [4.78, 5) is 0. The van der Waals surface area contributed by atoms with Crippen LogP contribution in [-0.2, 0) is 0 Å². The molecule has 2 rings (SSSR count). The molecule has 0 bridgehead atoms. The van der Waals surface area contributed by atoms with Gasteiger partial charge >= 0.3 is 0 Å². The van der Waals surface area contributed by atoms with Gasteiger partial charge in [-0.15, -0.1) is 0 Å². The number of rotatable bonds is 2. The fourth-order valence-corrected chi connectivity index (χ4v) is 4.68. The first-order chi connectivity index (χ1) is 7.86. The van der Waals surface area contributed by atoms with Crippen LogP contribution in [0.2, 0.25) is 0 Å². The summed E-state index contributed by atoms with van der Waals surface area (Å²) in [6, 6.07) is 0. The van der Waals surface area contributed by atoms with E-state index in [1.54, 1.807) is 0 Å². The van der Waals surface area contributed by atoms with Gasteiger partial charge in [0.15, 0.2) is 0 Å². The third-order valence-electron chi connectivity index (χ3n) is 3.57. The maximum absolute atomic E-state index is 2.12. The monoisotopic (exact) mass is 241 g/mol. The van der Waals surface area contributed by atoms with E-state index in [0.29, 0.717) is 0 Å². The van der Waals surface area contributed by atoms with E-state index in [4.69, 9.17) is 0 Å². The zero-order valence-electron chi connectivity index (χ0n) is 11.4. The fraction of sp³-hybridized carbons (Fsp3) is 1.00. The Morgan fingerprint density at radius 1 is 0.688 bits per heavy atom. The Bertz CT molecular complexity index is 128. The van der Waals surface area contributed by atoms with E-state index in [-0.39, 0.29) is 0 Å². The molecule has 0 spiro atoms. The van der Waals surface area contributed by atoms with Gasteiger partial charge in [0, 0.05) is 0 Å². The quantitative estimate of drug-likeness (QED) is 0.519. The largest absolute Gasteiger partial charge is 0.0741 e. The van der Waals surface area contributed by atoms with Crippen molar-refractivity contribution >= 4 is 8.58 Å². The van der Waals surface area contributed by atoms with Crippen LogP contribution in [0.25, 0.3) is 0 Å². The molecule has 2 fully saturated rings. The zero-order chi connectivity index (χ0) is 11.6. The van der Waals surface area contributed by atoms with Crippen LogP contribution in [0.4, 0.5) is 0 Å². The van der Waals surface area contributed by atoms with Crippen LogP contribution in [0, 0.1) is 0 Å². The van der Waals surface area contributed by atoms with Gasteiger partial charge in [0.05, 0.1) is 0 Å². The molecule has 0 amide bonds. The Morgan fingerprint density at radius 3 is 1.31 bits per heavy atom. The van der Waals surface area contributed by atoms with Gasteiger partial charge in [0.1, 0.15) is 0 Å². The van der Waals surface area contributed by atoms with Crippen molar-refractivity contribution in [2.45, 2.75) is 95.8 Å². The summed E-state index contributed by atoms with van der Waals surface area (Å²) < 4.78 is 0. The van der Waals surface area contributed by atoms with Crippen LogP contribution in [0.3, 0.4) is 0 Å². The van der Waals surface area contributed by atoms with Crippen LogP contribution >= 0.6 is 8.58 Å². The predicted molar refractivity (Wildman–Crippen MR) is 76.6 cm³/mol. The summed E-state index contributed by atoms with van der Waals surface area (Å²) >= 11 is 0. The van der Waals surface area contributed by atoms with E-state index in [2.05, 4.69) is 13.8 Å². The van der Waals surface area contributed by atoms with Gasteiger partial charge in [0.25, 0.3) is 0 Å². The fourth-order valence-electron chi connectivity index (χ4n) is 2.76. The van der Waals surface area contributed by atoms with Crippen molar-refractivity contribution in [1.29, 1.82) is 0 Å². The van der Waals surface area contributed by atoms with E-state index < -0.39 is 0 Å². The molecule has 2 saturated carbocycles. The average Bonchev–Trinajstić information content (AvgIpc) is 2.33. The van der Waals surface area contributed by atoms with Crippen molar-refractivity contribution in [3.8, 4) is 0 Å². The summed E-state index contributed by atoms with van der Waals surface area (Å²) in [5.74, 6) is 0. The molecule has 0 aromatic rings. The van der Waals surface area contributed by atoms with E-state index in [1.165, 1.54) is 70.6 Å². The van der Waals surface area contributed by atoms with Crippen molar-refractivity contribution in [2.75, 3.05) is 0 Å². The van der Waals surface area contributed by atoms with Crippen molar-refractivity contribution in [3.63, 3.8) is 0 Å². The van der Waals surface area contributed by atoms with Crippen LogP contribution in [0.1, 0.15) is 84.5 Å². The normalized spacial score (nSPS) is 23.6. The molecule has 0 atom stereocenters. The molecule has 0 unspecified atom stereocenters. The first kappa shape index (κ1) is 14.5. The first-order valence-corrected chi connectivity index (χ1v) is 8.60. The lowest BCUT2D eigenvalue weighted by atomic mass is 10.00. The molecular formula is C15H30P. The SMILES string of the molecule is C1CCC([P]C2CCCCC2)CC1.CCC. The topological polar surface area (TPSA) is 0 Å². The second kappa shape index (κ2) is 9.46. The summed E-state index contributed by atoms with van der Waals surface area (Å²) in [5.41, 5.74) is 2.19. The van der Waals surface area contributed by atoms with Crippen LogP contribution in [-0.4, -0.2) is 11.3 Å². The molecule has 0 aromatic carbocycles. The molecule has 0 aliphatic heterocycles. The highest BCUT2D eigenvalue weighted by molar-refractivity contribution is 7.39. The third kappa shape index (κ3) is 6.24. The van der Waals surface area contributed by atoms with Crippen LogP contribution < -0.4 is 0 Å². The van der Waals surface area contributed by atoms with Crippen LogP contribution in [0.15, 0.2) is 0 Å². The molecule has 0 heterocycles. The van der Waals surface area contributed by atoms with E-state index in [1.807, 2.05) is 8.58 Å². The van der Waals surface area contributed by atoms with Gasteiger partial charge in [-0.3, -0.25) is 0 Å². The molecule has 1 heteroatoms. The van der Waals surface area contributed by atoms with Crippen molar-refractivity contribution in [3.05, 3.63) is 0 Å². The van der Waals surface area contributed by atoms with Gasteiger partial charge in [-0.2, -0.15) is 0 Å². The molecule has 1 radical (unpaired) electrons. The van der Waals surface area contributed by atoms with Gasteiger partial charge in [-0.05, 0) is 37.0 Å². The zero-order valence-corrected chi connectivity index (χ0v) is 12.3. The molecule has 0 N–H and O–H groups in total. The van der Waals surface area contributed by atoms with Crippen LogP contribution in [0.5, 0.6) is 0 Å². The lowest BCUT2D eigenvalue weighted by Gasteiger charge is -2.28. The summed E-state index contributed by atoms with van der Waals surface area (Å²) in [5, 5.41) is 0. The Balaban J connectivity index is 0.000000386. The Hall–Kier alpha value is 0.430. The van der Waals surface area contributed by atoms with Gasteiger partial charge in [0.2, 0.25) is 0 Å². The second-order valence-electron chi connectivity index (χ2n) is 5.44. The highest BCUT2D eigenvalue weighted by Crippen LogP contribution is 2.41. The predicted octanol–water partition coefficient (Wildman–Crippen LogP) is 6.01. The highest BCUT2D eigenvalue weighted by atomic mass is 31.1. The highest BCUT2D eigenvalue weighted by Gasteiger charge is 2.20. The number of hydrogen-bond donors (Lipinski definition) is 0. The Morgan fingerprint density at radius 2 is 1.00 bits per heavy atom. The van der Waals surface area contributed by atoms with Gasteiger partial charge in [-0.25, -0.2) is 0 Å². The molecule has 95 valence electrons.